The maximum Gasteiger partial charge on any atom is 0.227 e. The van der Waals surface area contributed by atoms with E-state index in [1.54, 1.807) is 0 Å². The number of amides is 1. The van der Waals surface area contributed by atoms with Crippen LogP contribution in [0.15, 0.2) is 47.6 Å². The number of para-hydroxylation sites is 1. The lowest BCUT2D eigenvalue weighted by molar-refractivity contribution is -0.118. The van der Waals surface area contributed by atoms with E-state index in [1.807, 2.05) is 29.2 Å². The molecule has 1 aromatic rings. The first-order valence-electron chi connectivity index (χ1n) is 8.29. The third kappa shape index (κ3) is 3.55. The Kier molecular flexibility index (Phi) is 4.95. The molecule has 118 valence electrons. The summed E-state index contributed by atoms with van der Waals surface area (Å²) < 4.78 is 0. The van der Waals surface area contributed by atoms with Crippen LogP contribution in [0.3, 0.4) is 0 Å². The van der Waals surface area contributed by atoms with Gasteiger partial charge in [0.25, 0.3) is 0 Å². The predicted molar refractivity (Wildman–Crippen MR) is 94.0 cm³/mol. The molecule has 1 aliphatic heterocycles. The van der Waals surface area contributed by atoms with E-state index >= 15 is 0 Å². The predicted octanol–water partition coefficient (Wildman–Crippen LogP) is 3.16. The van der Waals surface area contributed by atoms with Crippen molar-refractivity contribution in [3.05, 3.63) is 53.1 Å². The Morgan fingerprint density at radius 3 is 2.96 bits per heavy atom. The minimum absolute atomic E-state index is 0.153. The monoisotopic (exact) mass is 306 g/mol. The molecule has 3 heteroatoms. The molecule has 2 N–H and O–H groups in total. The van der Waals surface area contributed by atoms with E-state index in [2.05, 4.69) is 24.0 Å². The van der Waals surface area contributed by atoms with Gasteiger partial charge < -0.3 is 10.6 Å². The topological polar surface area (TPSA) is 46.3 Å². The normalized spacial score (nSPS) is 16.0. The van der Waals surface area contributed by atoms with Crippen molar-refractivity contribution >= 4 is 11.6 Å². The maximum absolute atomic E-state index is 12.8. The Hall–Kier alpha value is -2.31. The molecule has 0 saturated carbocycles. The molecule has 0 unspecified atom stereocenters. The van der Waals surface area contributed by atoms with Gasteiger partial charge in [-0.15, -0.1) is 0 Å². The second kappa shape index (κ2) is 7.30. The Labute approximate surface area is 137 Å². The zero-order valence-corrected chi connectivity index (χ0v) is 13.3. The lowest BCUT2D eigenvalue weighted by Crippen LogP contribution is -2.34. The van der Waals surface area contributed by atoms with Crippen molar-refractivity contribution in [1.29, 1.82) is 0 Å². The first-order chi connectivity index (χ1) is 11.3. The Morgan fingerprint density at radius 2 is 2.09 bits per heavy atom. The molecule has 0 spiro atoms. The molecule has 2 aliphatic rings. The second-order valence-electron chi connectivity index (χ2n) is 5.94. The number of hydrogen-bond acceptors (Lipinski definition) is 2. The highest BCUT2D eigenvalue weighted by Crippen LogP contribution is 2.28. The first kappa shape index (κ1) is 15.6. The quantitative estimate of drug-likeness (QED) is 0.686. The zero-order chi connectivity index (χ0) is 16.1. The summed E-state index contributed by atoms with van der Waals surface area (Å²) in [7, 11) is 0. The highest BCUT2D eigenvalue weighted by Gasteiger charge is 2.21. The second-order valence-corrected chi connectivity index (χ2v) is 5.94. The molecule has 0 radical (unpaired) electrons. The summed E-state index contributed by atoms with van der Waals surface area (Å²) in [6, 6.07) is 7.92. The van der Waals surface area contributed by atoms with Crippen LogP contribution in [0.5, 0.6) is 0 Å². The van der Waals surface area contributed by atoms with Gasteiger partial charge in [0.2, 0.25) is 5.91 Å². The van der Waals surface area contributed by atoms with Gasteiger partial charge in [-0.25, -0.2) is 0 Å². The van der Waals surface area contributed by atoms with E-state index in [4.69, 9.17) is 5.73 Å². The number of anilines is 1. The van der Waals surface area contributed by atoms with Gasteiger partial charge >= 0.3 is 0 Å². The summed E-state index contributed by atoms with van der Waals surface area (Å²) in [4.78, 5) is 14.7. The van der Waals surface area contributed by atoms with Crippen molar-refractivity contribution in [2.75, 3.05) is 18.0 Å². The van der Waals surface area contributed by atoms with Gasteiger partial charge in [0.1, 0.15) is 0 Å². The molecule has 1 aliphatic carbocycles. The fraction of sp³-hybridized carbons (Fsp3) is 0.350. The lowest BCUT2D eigenvalue weighted by atomic mass is 9.95. The Balaban J connectivity index is 1.95. The smallest absolute Gasteiger partial charge is 0.227 e. The van der Waals surface area contributed by atoms with Crippen LogP contribution in [-0.2, 0) is 4.79 Å². The molecule has 3 rings (SSSR count). The molecular formula is C20H22N2O. The van der Waals surface area contributed by atoms with E-state index < -0.39 is 0 Å². The number of hydrogen-bond donors (Lipinski definition) is 1. The average Bonchev–Trinajstić information content (AvgIpc) is 2.57. The number of unbranched alkanes of at least 4 members (excludes halogenated alkanes) is 1. The minimum Gasteiger partial charge on any atom is -0.330 e. The van der Waals surface area contributed by atoms with Crippen LogP contribution in [0.1, 0.15) is 37.7 Å². The summed E-state index contributed by atoms with van der Waals surface area (Å²) in [5.41, 5.74) is 9.73. The SMILES string of the molecule is NCCCCC(=O)N1CC2=C(C#Cc3ccccc31)CCC=C2. The number of fused-ring (bicyclic) bond motifs is 1. The van der Waals surface area contributed by atoms with Crippen LogP contribution in [0.4, 0.5) is 5.69 Å². The number of nitrogens with zero attached hydrogens (tertiary/aromatic N) is 1. The van der Waals surface area contributed by atoms with Crippen LogP contribution in [0.2, 0.25) is 0 Å². The van der Waals surface area contributed by atoms with Gasteiger partial charge in [-0.05, 0) is 49.9 Å². The van der Waals surface area contributed by atoms with E-state index in [0.29, 0.717) is 19.5 Å². The van der Waals surface area contributed by atoms with Crippen LogP contribution in [0.25, 0.3) is 0 Å². The largest absolute Gasteiger partial charge is 0.330 e. The van der Waals surface area contributed by atoms with Crippen molar-refractivity contribution in [2.45, 2.75) is 32.1 Å². The molecule has 1 aromatic carbocycles. The van der Waals surface area contributed by atoms with Crippen molar-refractivity contribution in [1.82, 2.24) is 0 Å². The number of nitrogens with two attached hydrogens (primary N) is 1. The molecule has 0 bridgehead atoms. The highest BCUT2D eigenvalue weighted by atomic mass is 16.2. The molecule has 0 fully saturated rings. The van der Waals surface area contributed by atoms with Crippen molar-refractivity contribution in [2.24, 2.45) is 5.73 Å². The molecule has 0 aromatic heterocycles. The van der Waals surface area contributed by atoms with Gasteiger partial charge in [-0.3, -0.25) is 4.79 Å². The Morgan fingerprint density at radius 1 is 1.22 bits per heavy atom. The van der Waals surface area contributed by atoms with Gasteiger partial charge in [0.05, 0.1) is 12.2 Å². The number of carbonyl (C=O) groups excluding carboxylic acids is 1. The lowest BCUT2D eigenvalue weighted by Gasteiger charge is -2.27. The van der Waals surface area contributed by atoms with E-state index in [0.717, 1.165) is 36.9 Å². The molecule has 1 heterocycles. The number of benzene rings is 1. The summed E-state index contributed by atoms with van der Waals surface area (Å²) in [5.74, 6) is 6.73. The van der Waals surface area contributed by atoms with Gasteiger partial charge in [-0.1, -0.05) is 36.1 Å². The molecular weight excluding hydrogens is 284 g/mol. The van der Waals surface area contributed by atoms with Crippen LogP contribution < -0.4 is 10.6 Å². The molecule has 23 heavy (non-hydrogen) atoms. The summed E-state index contributed by atoms with van der Waals surface area (Å²) in [6.07, 6.45) is 8.55. The third-order valence-electron chi connectivity index (χ3n) is 4.28. The van der Waals surface area contributed by atoms with Gasteiger partial charge in [-0.2, -0.15) is 0 Å². The minimum atomic E-state index is 0.153. The fourth-order valence-electron chi connectivity index (χ4n) is 3.00. The van der Waals surface area contributed by atoms with E-state index in [1.165, 1.54) is 11.1 Å². The van der Waals surface area contributed by atoms with Gasteiger partial charge in [0.15, 0.2) is 0 Å². The zero-order valence-electron chi connectivity index (χ0n) is 13.3. The van der Waals surface area contributed by atoms with Crippen LogP contribution in [-0.4, -0.2) is 19.0 Å². The van der Waals surface area contributed by atoms with Crippen molar-refractivity contribution in [3.8, 4) is 11.8 Å². The average molecular weight is 306 g/mol. The molecule has 0 atom stereocenters. The first-order valence-corrected chi connectivity index (χ1v) is 8.29. The Bertz CT molecular complexity index is 719. The van der Waals surface area contributed by atoms with E-state index in [-0.39, 0.29) is 5.91 Å². The van der Waals surface area contributed by atoms with Gasteiger partial charge in [0, 0.05) is 17.6 Å². The summed E-state index contributed by atoms with van der Waals surface area (Å²) >= 11 is 0. The molecule has 0 saturated heterocycles. The molecule has 3 nitrogen and oxygen atoms in total. The summed E-state index contributed by atoms with van der Waals surface area (Å²) in [5, 5.41) is 0. The van der Waals surface area contributed by atoms with Crippen molar-refractivity contribution in [3.63, 3.8) is 0 Å². The van der Waals surface area contributed by atoms with Crippen molar-refractivity contribution < 1.29 is 4.79 Å². The highest BCUT2D eigenvalue weighted by molar-refractivity contribution is 5.95. The summed E-state index contributed by atoms with van der Waals surface area (Å²) in [6.45, 7) is 1.24. The maximum atomic E-state index is 12.8. The van der Waals surface area contributed by atoms with Crippen LogP contribution >= 0.6 is 0 Å². The number of allylic oxidation sites excluding steroid dienone is 2. The number of carbonyl (C=O) groups is 1. The fourth-order valence-corrected chi connectivity index (χ4v) is 3.00. The third-order valence-corrected chi connectivity index (χ3v) is 4.28. The van der Waals surface area contributed by atoms with E-state index in [9.17, 15) is 4.79 Å². The number of rotatable bonds is 4. The molecule has 1 amide bonds. The standard InChI is InChI=1S/C20H22N2O/c21-14-6-5-11-20(23)22-15-18-9-2-1-7-16(18)12-13-17-8-3-4-10-19(17)22/h2-4,8-10H,1,5-7,11,14-15,21H2. The van der Waals surface area contributed by atoms with Crippen LogP contribution in [0, 0.1) is 11.8 Å².